The highest BCUT2D eigenvalue weighted by molar-refractivity contribution is 9.10. The van der Waals surface area contributed by atoms with E-state index in [4.69, 9.17) is 0 Å². The van der Waals surface area contributed by atoms with Gasteiger partial charge in [-0.2, -0.15) is 4.72 Å². The lowest BCUT2D eigenvalue weighted by Gasteiger charge is -2.16. The molecule has 0 unspecified atom stereocenters. The highest BCUT2D eigenvalue weighted by Crippen LogP contribution is 2.21. The molecular formula is C18H20BrN3O4S. The molecule has 7 nitrogen and oxygen atoms in total. The van der Waals surface area contributed by atoms with Gasteiger partial charge in [0.1, 0.15) is 0 Å². The summed E-state index contributed by atoms with van der Waals surface area (Å²) in [6, 6.07) is 10.1. The van der Waals surface area contributed by atoms with E-state index in [2.05, 4.69) is 31.3 Å². The molecule has 0 aromatic heterocycles. The van der Waals surface area contributed by atoms with Gasteiger partial charge in [-0.25, -0.2) is 8.42 Å². The number of sulfonamides is 1. The van der Waals surface area contributed by atoms with Crippen LogP contribution < -0.4 is 15.4 Å². The van der Waals surface area contributed by atoms with E-state index in [-0.39, 0.29) is 10.8 Å². The lowest BCUT2D eigenvalue weighted by molar-refractivity contribution is -0.117. The van der Waals surface area contributed by atoms with Crippen LogP contribution in [0.25, 0.3) is 0 Å². The Balaban J connectivity index is 2.08. The summed E-state index contributed by atoms with van der Waals surface area (Å²) < 4.78 is 28.1. The molecule has 0 spiro atoms. The first-order valence-corrected chi connectivity index (χ1v) is 10.3. The van der Waals surface area contributed by atoms with Gasteiger partial charge in [0.2, 0.25) is 21.8 Å². The number of hydrogen-bond donors (Lipinski definition) is 3. The summed E-state index contributed by atoms with van der Waals surface area (Å²) in [5.74, 6) is -0.730. The van der Waals surface area contributed by atoms with E-state index in [1.165, 1.54) is 38.1 Å². The fourth-order valence-corrected chi connectivity index (χ4v) is 3.81. The summed E-state index contributed by atoms with van der Waals surface area (Å²) >= 11 is 3.33. The average molecular weight is 454 g/mol. The molecular weight excluding hydrogens is 434 g/mol. The molecule has 0 heterocycles. The van der Waals surface area contributed by atoms with Gasteiger partial charge < -0.3 is 10.6 Å². The predicted octanol–water partition coefficient (Wildman–Crippen LogP) is 3.02. The van der Waals surface area contributed by atoms with Gasteiger partial charge in [-0.05, 0) is 55.8 Å². The Hall–Kier alpha value is -2.23. The van der Waals surface area contributed by atoms with E-state index in [1.54, 1.807) is 6.07 Å². The molecule has 0 saturated carbocycles. The van der Waals surface area contributed by atoms with Crippen LogP contribution in [0.1, 0.15) is 19.4 Å². The van der Waals surface area contributed by atoms with Gasteiger partial charge in [0.15, 0.2) is 0 Å². The lowest BCUT2D eigenvalue weighted by atomic mass is 10.2. The standard InChI is InChI=1S/C18H20BrN3O4S/c1-11-4-5-14(19)10-17(11)21-18(24)12(2)22-27(25,26)16-8-6-15(7-9-16)20-13(3)23/h4-10,12,22H,1-3H3,(H,20,23)(H,21,24)/t12-/m0/s1. The highest BCUT2D eigenvalue weighted by atomic mass is 79.9. The summed E-state index contributed by atoms with van der Waals surface area (Å²) in [7, 11) is -3.89. The molecule has 0 radical (unpaired) electrons. The zero-order valence-electron chi connectivity index (χ0n) is 15.0. The Labute approximate surface area is 166 Å². The zero-order chi connectivity index (χ0) is 20.2. The molecule has 0 saturated heterocycles. The van der Waals surface area contributed by atoms with E-state index in [9.17, 15) is 18.0 Å². The molecule has 2 aromatic carbocycles. The van der Waals surface area contributed by atoms with Crippen LogP contribution in [0.15, 0.2) is 51.8 Å². The third-order valence-electron chi connectivity index (χ3n) is 3.67. The zero-order valence-corrected chi connectivity index (χ0v) is 17.4. The quantitative estimate of drug-likeness (QED) is 0.624. The number of carbonyl (C=O) groups is 2. The number of hydrogen-bond acceptors (Lipinski definition) is 4. The van der Waals surface area contributed by atoms with Gasteiger partial charge in [-0.3, -0.25) is 9.59 Å². The Morgan fingerprint density at radius 3 is 2.26 bits per heavy atom. The molecule has 0 aliphatic carbocycles. The molecule has 144 valence electrons. The highest BCUT2D eigenvalue weighted by Gasteiger charge is 2.22. The monoisotopic (exact) mass is 453 g/mol. The summed E-state index contributed by atoms with van der Waals surface area (Å²) in [5.41, 5.74) is 1.94. The van der Waals surface area contributed by atoms with Crippen LogP contribution in [0.4, 0.5) is 11.4 Å². The van der Waals surface area contributed by atoms with Crippen molar-refractivity contribution in [2.45, 2.75) is 31.7 Å². The second-order valence-electron chi connectivity index (χ2n) is 6.00. The van der Waals surface area contributed by atoms with Crippen LogP contribution in [0, 0.1) is 6.92 Å². The number of anilines is 2. The smallest absolute Gasteiger partial charge is 0.242 e. The molecule has 27 heavy (non-hydrogen) atoms. The lowest BCUT2D eigenvalue weighted by Crippen LogP contribution is -2.41. The molecule has 0 aliphatic heterocycles. The SMILES string of the molecule is CC(=O)Nc1ccc(S(=O)(=O)N[C@@H](C)C(=O)Nc2cc(Br)ccc2C)cc1. The van der Waals surface area contributed by atoms with E-state index in [0.717, 1.165) is 10.0 Å². The van der Waals surface area contributed by atoms with Crippen LogP contribution >= 0.6 is 15.9 Å². The Morgan fingerprint density at radius 1 is 1.04 bits per heavy atom. The number of carbonyl (C=O) groups excluding carboxylic acids is 2. The fourth-order valence-electron chi connectivity index (χ4n) is 2.24. The maximum atomic E-state index is 12.5. The van der Waals surface area contributed by atoms with Crippen molar-refractivity contribution in [1.29, 1.82) is 0 Å². The maximum Gasteiger partial charge on any atom is 0.242 e. The van der Waals surface area contributed by atoms with Gasteiger partial charge in [0.05, 0.1) is 10.9 Å². The average Bonchev–Trinajstić information content (AvgIpc) is 2.57. The van der Waals surface area contributed by atoms with E-state index in [0.29, 0.717) is 11.4 Å². The van der Waals surface area contributed by atoms with Crippen molar-refractivity contribution in [3.8, 4) is 0 Å². The van der Waals surface area contributed by atoms with E-state index in [1.807, 2.05) is 19.1 Å². The number of halogens is 1. The Kier molecular flexibility index (Phi) is 6.74. The molecule has 0 fully saturated rings. The largest absolute Gasteiger partial charge is 0.326 e. The topological polar surface area (TPSA) is 104 Å². The van der Waals surface area contributed by atoms with Crippen molar-refractivity contribution >= 4 is 49.1 Å². The first-order valence-electron chi connectivity index (χ1n) is 8.05. The van der Waals surface area contributed by atoms with Crippen molar-refractivity contribution in [2.75, 3.05) is 10.6 Å². The van der Waals surface area contributed by atoms with Crippen LogP contribution in [0.3, 0.4) is 0 Å². The van der Waals surface area contributed by atoms with Crippen LogP contribution in [-0.4, -0.2) is 26.3 Å². The van der Waals surface area contributed by atoms with E-state index < -0.39 is 22.0 Å². The molecule has 0 aliphatic rings. The second-order valence-corrected chi connectivity index (χ2v) is 8.63. The first-order chi connectivity index (χ1) is 12.6. The van der Waals surface area contributed by atoms with Crippen molar-refractivity contribution < 1.29 is 18.0 Å². The van der Waals surface area contributed by atoms with Crippen molar-refractivity contribution in [3.63, 3.8) is 0 Å². The van der Waals surface area contributed by atoms with Gasteiger partial charge in [0, 0.05) is 22.8 Å². The molecule has 2 rings (SSSR count). The maximum absolute atomic E-state index is 12.5. The summed E-state index contributed by atoms with van der Waals surface area (Å²) in [6.07, 6.45) is 0. The minimum Gasteiger partial charge on any atom is -0.326 e. The molecule has 0 bridgehead atoms. The predicted molar refractivity (Wildman–Crippen MR) is 108 cm³/mol. The van der Waals surface area contributed by atoms with Crippen molar-refractivity contribution in [3.05, 3.63) is 52.5 Å². The van der Waals surface area contributed by atoms with Gasteiger partial charge in [0.25, 0.3) is 0 Å². The van der Waals surface area contributed by atoms with Gasteiger partial charge >= 0.3 is 0 Å². The number of nitrogens with one attached hydrogen (secondary N) is 3. The van der Waals surface area contributed by atoms with Crippen molar-refractivity contribution in [2.24, 2.45) is 0 Å². The van der Waals surface area contributed by atoms with Gasteiger partial charge in [-0.1, -0.05) is 22.0 Å². The first kappa shape index (κ1) is 21.1. The fraction of sp³-hybridized carbons (Fsp3) is 0.222. The number of amides is 2. The second kappa shape index (κ2) is 8.64. The molecule has 1 atom stereocenters. The molecule has 2 aromatic rings. The Morgan fingerprint density at radius 2 is 1.67 bits per heavy atom. The molecule has 3 N–H and O–H groups in total. The van der Waals surface area contributed by atoms with Gasteiger partial charge in [-0.15, -0.1) is 0 Å². The summed E-state index contributed by atoms with van der Waals surface area (Å²) in [6.45, 7) is 4.67. The van der Waals surface area contributed by atoms with Crippen LogP contribution in [0.2, 0.25) is 0 Å². The van der Waals surface area contributed by atoms with Crippen LogP contribution in [-0.2, 0) is 19.6 Å². The number of benzene rings is 2. The normalized spacial score (nSPS) is 12.3. The van der Waals surface area contributed by atoms with Crippen molar-refractivity contribution in [1.82, 2.24) is 4.72 Å². The summed E-state index contributed by atoms with van der Waals surface area (Å²) in [5, 5.41) is 5.27. The molecule has 2 amide bonds. The summed E-state index contributed by atoms with van der Waals surface area (Å²) in [4.78, 5) is 23.4. The van der Waals surface area contributed by atoms with E-state index >= 15 is 0 Å². The minimum atomic E-state index is -3.89. The minimum absolute atomic E-state index is 0.00473. The van der Waals surface area contributed by atoms with Crippen LogP contribution in [0.5, 0.6) is 0 Å². The Bertz CT molecular complexity index is 959. The number of aryl methyl sites for hydroxylation is 1. The third-order valence-corrected chi connectivity index (χ3v) is 5.72. The number of rotatable bonds is 6. The third kappa shape index (κ3) is 5.88. The molecule has 9 heteroatoms.